The normalized spacial score (nSPS) is 15.0. The third-order valence-corrected chi connectivity index (χ3v) is 4.54. The highest BCUT2D eigenvalue weighted by atomic mass is 16.5. The van der Waals surface area contributed by atoms with Crippen LogP contribution in [0.25, 0.3) is 0 Å². The van der Waals surface area contributed by atoms with Gasteiger partial charge in [-0.1, -0.05) is 30.7 Å². The van der Waals surface area contributed by atoms with Gasteiger partial charge in [-0.3, -0.25) is 4.79 Å². The van der Waals surface area contributed by atoms with E-state index >= 15 is 0 Å². The van der Waals surface area contributed by atoms with Crippen LogP contribution in [0.3, 0.4) is 0 Å². The second-order valence-electron chi connectivity index (χ2n) is 6.60. The molecule has 26 heavy (non-hydrogen) atoms. The van der Waals surface area contributed by atoms with Crippen LogP contribution < -0.4 is 15.4 Å². The molecule has 0 unspecified atom stereocenters. The molecule has 0 bridgehead atoms. The minimum absolute atomic E-state index is 0.206. The Labute approximate surface area is 154 Å². The van der Waals surface area contributed by atoms with E-state index in [1.165, 1.54) is 0 Å². The number of amides is 1. The number of carbonyl (C=O) groups is 1. The molecule has 1 saturated heterocycles. The van der Waals surface area contributed by atoms with Crippen LogP contribution in [0.2, 0.25) is 0 Å². The van der Waals surface area contributed by atoms with E-state index in [4.69, 9.17) is 4.74 Å². The van der Waals surface area contributed by atoms with Crippen LogP contribution in [0.4, 0.5) is 0 Å². The van der Waals surface area contributed by atoms with Crippen molar-refractivity contribution >= 4 is 5.91 Å². The second-order valence-corrected chi connectivity index (χ2v) is 6.60. The zero-order valence-electron chi connectivity index (χ0n) is 15.3. The Morgan fingerprint density at radius 3 is 3.04 bits per heavy atom. The van der Waals surface area contributed by atoms with Crippen LogP contribution in [0.1, 0.15) is 54.7 Å². The number of nitrogens with zero attached hydrogens (tertiary/aromatic N) is 3. The number of carbonyl (C=O) groups excluding carboxylic acids is 1. The molecule has 0 atom stereocenters. The van der Waals surface area contributed by atoms with Gasteiger partial charge in [0.05, 0.1) is 18.8 Å². The zero-order valence-corrected chi connectivity index (χ0v) is 15.3. The highest BCUT2D eigenvalue weighted by Gasteiger charge is 2.18. The molecule has 2 heterocycles. The molecule has 2 N–H and O–H groups in total. The topological polar surface area (TPSA) is 81.1 Å². The smallest absolute Gasteiger partial charge is 0.273 e. The van der Waals surface area contributed by atoms with Crippen LogP contribution >= 0.6 is 0 Å². The number of hydrogen-bond acceptors (Lipinski definition) is 5. The molecule has 0 radical (unpaired) electrons. The van der Waals surface area contributed by atoms with Gasteiger partial charge in [0.1, 0.15) is 5.75 Å². The molecule has 1 aliphatic rings. The van der Waals surface area contributed by atoms with Gasteiger partial charge >= 0.3 is 0 Å². The lowest BCUT2D eigenvalue weighted by molar-refractivity contribution is 0.0945. The fourth-order valence-electron chi connectivity index (χ4n) is 2.98. The average Bonchev–Trinajstić information content (AvgIpc) is 3.18. The largest absolute Gasteiger partial charge is 0.494 e. The Bertz CT molecular complexity index is 709. The Hall–Kier alpha value is -2.41. The number of aromatic nitrogens is 3. The standard InChI is InChI=1S/C19H27N5O2/c1-2-3-11-26-17-6-4-5-15(12-17)13-21-19(25)18-14-24(23-22-18)16-7-9-20-10-8-16/h4-6,12,14,16,20H,2-3,7-11,13H2,1H3,(H,21,25). The summed E-state index contributed by atoms with van der Waals surface area (Å²) in [6.45, 7) is 5.23. The first-order chi connectivity index (χ1) is 12.8. The third kappa shape index (κ3) is 5.05. The molecule has 0 saturated carbocycles. The minimum atomic E-state index is -0.206. The lowest BCUT2D eigenvalue weighted by Gasteiger charge is -2.22. The summed E-state index contributed by atoms with van der Waals surface area (Å²) >= 11 is 0. The molecule has 0 spiro atoms. The van der Waals surface area contributed by atoms with Gasteiger partial charge in [0.15, 0.2) is 5.69 Å². The van der Waals surface area contributed by atoms with E-state index < -0.39 is 0 Å². The Kier molecular flexibility index (Phi) is 6.60. The number of piperidine rings is 1. The SMILES string of the molecule is CCCCOc1cccc(CNC(=O)c2cn(C3CCNCC3)nn2)c1. The quantitative estimate of drug-likeness (QED) is 0.709. The summed E-state index contributed by atoms with van der Waals surface area (Å²) < 4.78 is 7.52. The zero-order chi connectivity index (χ0) is 18.2. The fraction of sp³-hybridized carbons (Fsp3) is 0.526. The molecule has 3 rings (SSSR count). The summed E-state index contributed by atoms with van der Waals surface area (Å²) in [6.07, 6.45) is 5.90. The van der Waals surface area contributed by atoms with Crippen molar-refractivity contribution in [2.24, 2.45) is 0 Å². The van der Waals surface area contributed by atoms with Gasteiger partial charge < -0.3 is 15.4 Å². The predicted molar refractivity (Wildman–Crippen MR) is 99.2 cm³/mol. The molecule has 1 aromatic carbocycles. The first-order valence-electron chi connectivity index (χ1n) is 9.38. The van der Waals surface area contributed by atoms with E-state index in [2.05, 4.69) is 27.9 Å². The van der Waals surface area contributed by atoms with Crippen LogP contribution in [-0.2, 0) is 6.54 Å². The average molecular weight is 357 g/mol. The van der Waals surface area contributed by atoms with Crippen molar-refractivity contribution < 1.29 is 9.53 Å². The molecule has 7 heteroatoms. The van der Waals surface area contributed by atoms with E-state index in [9.17, 15) is 4.79 Å². The van der Waals surface area contributed by atoms with Gasteiger partial charge in [-0.15, -0.1) is 5.10 Å². The van der Waals surface area contributed by atoms with Crippen LogP contribution in [0.15, 0.2) is 30.5 Å². The fourth-order valence-corrected chi connectivity index (χ4v) is 2.98. The van der Waals surface area contributed by atoms with E-state index in [0.717, 1.165) is 50.1 Å². The summed E-state index contributed by atoms with van der Waals surface area (Å²) in [5.41, 5.74) is 1.36. The van der Waals surface area contributed by atoms with Gasteiger partial charge in [-0.25, -0.2) is 4.68 Å². The van der Waals surface area contributed by atoms with Crippen molar-refractivity contribution in [3.8, 4) is 5.75 Å². The molecular formula is C19H27N5O2. The van der Waals surface area contributed by atoms with Gasteiger partial charge in [0.25, 0.3) is 5.91 Å². The van der Waals surface area contributed by atoms with Crippen molar-refractivity contribution in [2.45, 2.75) is 45.2 Å². The molecule has 1 amide bonds. The van der Waals surface area contributed by atoms with Gasteiger partial charge in [-0.2, -0.15) is 0 Å². The highest BCUT2D eigenvalue weighted by Crippen LogP contribution is 2.17. The van der Waals surface area contributed by atoms with Crippen molar-refractivity contribution in [2.75, 3.05) is 19.7 Å². The number of hydrogen-bond donors (Lipinski definition) is 2. The van der Waals surface area contributed by atoms with E-state index in [1.54, 1.807) is 6.20 Å². The van der Waals surface area contributed by atoms with Gasteiger partial charge in [0.2, 0.25) is 0 Å². The van der Waals surface area contributed by atoms with Crippen LogP contribution in [-0.4, -0.2) is 40.6 Å². The molecule has 140 valence electrons. The summed E-state index contributed by atoms with van der Waals surface area (Å²) in [6, 6.07) is 8.13. The summed E-state index contributed by atoms with van der Waals surface area (Å²) in [7, 11) is 0. The first-order valence-corrected chi connectivity index (χ1v) is 9.38. The van der Waals surface area contributed by atoms with Crippen molar-refractivity contribution in [3.05, 3.63) is 41.7 Å². The molecule has 0 aliphatic carbocycles. The summed E-state index contributed by atoms with van der Waals surface area (Å²) in [4.78, 5) is 12.3. The number of benzene rings is 1. The molecule has 1 aromatic heterocycles. The molecular weight excluding hydrogens is 330 g/mol. The Morgan fingerprint density at radius 2 is 2.23 bits per heavy atom. The minimum Gasteiger partial charge on any atom is -0.494 e. The number of nitrogens with one attached hydrogen (secondary N) is 2. The summed E-state index contributed by atoms with van der Waals surface area (Å²) in [5, 5.41) is 14.4. The van der Waals surface area contributed by atoms with Crippen molar-refractivity contribution in [3.63, 3.8) is 0 Å². The van der Waals surface area contributed by atoms with Crippen LogP contribution in [0, 0.1) is 0 Å². The molecule has 1 fully saturated rings. The lowest BCUT2D eigenvalue weighted by atomic mass is 10.1. The first kappa shape index (κ1) is 18.4. The lowest BCUT2D eigenvalue weighted by Crippen LogP contribution is -2.29. The maximum atomic E-state index is 12.3. The van der Waals surface area contributed by atoms with E-state index in [1.807, 2.05) is 28.9 Å². The maximum Gasteiger partial charge on any atom is 0.273 e. The highest BCUT2D eigenvalue weighted by molar-refractivity contribution is 5.91. The van der Waals surface area contributed by atoms with E-state index in [0.29, 0.717) is 24.9 Å². The number of rotatable bonds is 8. The predicted octanol–water partition coefficient (Wildman–Crippen LogP) is 2.31. The Balaban J connectivity index is 1.52. The van der Waals surface area contributed by atoms with Crippen molar-refractivity contribution in [1.82, 2.24) is 25.6 Å². The summed E-state index contributed by atoms with van der Waals surface area (Å²) in [5.74, 6) is 0.629. The second kappa shape index (κ2) is 9.33. The van der Waals surface area contributed by atoms with Crippen LogP contribution in [0.5, 0.6) is 5.75 Å². The Morgan fingerprint density at radius 1 is 1.38 bits per heavy atom. The third-order valence-electron chi connectivity index (χ3n) is 4.54. The molecule has 1 aliphatic heterocycles. The number of ether oxygens (including phenoxy) is 1. The van der Waals surface area contributed by atoms with Gasteiger partial charge in [-0.05, 0) is 50.0 Å². The monoisotopic (exact) mass is 357 g/mol. The van der Waals surface area contributed by atoms with E-state index in [-0.39, 0.29) is 5.91 Å². The maximum absolute atomic E-state index is 12.3. The number of unbranched alkanes of at least 4 members (excludes halogenated alkanes) is 1. The van der Waals surface area contributed by atoms with Crippen molar-refractivity contribution in [1.29, 1.82) is 0 Å². The molecule has 7 nitrogen and oxygen atoms in total. The molecule has 2 aromatic rings. The van der Waals surface area contributed by atoms with Gasteiger partial charge in [0, 0.05) is 6.54 Å².